The summed E-state index contributed by atoms with van der Waals surface area (Å²) in [7, 11) is -1.89. The average Bonchev–Trinajstić information content (AvgIpc) is 3.11. The van der Waals surface area contributed by atoms with Crippen LogP contribution in [0.15, 0.2) is 34.9 Å². The number of amides is 1. The maximum absolute atomic E-state index is 12.4. The van der Waals surface area contributed by atoms with Crippen LogP contribution in [-0.4, -0.2) is 72.7 Å². The molecule has 1 aromatic carbocycles. The van der Waals surface area contributed by atoms with E-state index in [1.807, 2.05) is 18.2 Å². The first kappa shape index (κ1) is 22.4. The van der Waals surface area contributed by atoms with E-state index in [2.05, 4.69) is 22.3 Å². The van der Waals surface area contributed by atoms with E-state index in [0.29, 0.717) is 37.6 Å². The van der Waals surface area contributed by atoms with Crippen molar-refractivity contribution in [1.82, 2.24) is 19.3 Å². The Kier molecular flexibility index (Phi) is 7.57. The first-order chi connectivity index (χ1) is 14.4. The van der Waals surface area contributed by atoms with Gasteiger partial charge in [-0.3, -0.25) is 4.79 Å². The Bertz CT molecular complexity index is 926. The highest BCUT2D eigenvalue weighted by Gasteiger charge is 2.38. The molecule has 1 amide bonds. The smallest absolute Gasteiger partial charge is 0.252 e. The number of rotatable bonds is 11. The van der Waals surface area contributed by atoms with Crippen LogP contribution < -0.4 is 0 Å². The Balaban J connectivity index is 1.45. The SMILES string of the molecule is COCc1nc(CCN(C2CN(C(=O)CCCc3ccccc3)C2)S(C)(=O)=O)no1. The van der Waals surface area contributed by atoms with Gasteiger partial charge in [0.2, 0.25) is 15.9 Å². The van der Waals surface area contributed by atoms with E-state index in [1.54, 1.807) is 4.90 Å². The van der Waals surface area contributed by atoms with E-state index in [-0.39, 0.29) is 25.1 Å². The molecule has 30 heavy (non-hydrogen) atoms. The summed E-state index contributed by atoms with van der Waals surface area (Å²) in [6.07, 6.45) is 3.62. The van der Waals surface area contributed by atoms with Gasteiger partial charge in [-0.1, -0.05) is 35.5 Å². The first-order valence-electron chi connectivity index (χ1n) is 9.95. The summed E-state index contributed by atoms with van der Waals surface area (Å²) < 4.78 is 35.9. The van der Waals surface area contributed by atoms with E-state index in [9.17, 15) is 13.2 Å². The molecule has 3 rings (SSSR count). The minimum atomic E-state index is -3.42. The van der Waals surface area contributed by atoms with Crippen molar-refractivity contribution in [3.05, 3.63) is 47.6 Å². The second-order valence-electron chi connectivity index (χ2n) is 7.45. The van der Waals surface area contributed by atoms with Crippen molar-refractivity contribution >= 4 is 15.9 Å². The summed E-state index contributed by atoms with van der Waals surface area (Å²) in [5, 5.41) is 3.84. The molecule has 1 aliphatic rings. The van der Waals surface area contributed by atoms with Crippen molar-refractivity contribution < 1.29 is 22.5 Å². The third-order valence-corrected chi connectivity index (χ3v) is 6.41. The van der Waals surface area contributed by atoms with Crippen molar-refractivity contribution in [3.8, 4) is 0 Å². The fraction of sp³-hybridized carbons (Fsp3) is 0.550. The maximum atomic E-state index is 12.4. The molecule has 0 radical (unpaired) electrons. The summed E-state index contributed by atoms with van der Waals surface area (Å²) in [5.74, 6) is 0.858. The molecular formula is C20H28N4O5S. The van der Waals surface area contributed by atoms with Crippen LogP contribution in [0.4, 0.5) is 0 Å². The van der Waals surface area contributed by atoms with Crippen LogP contribution in [0.2, 0.25) is 0 Å². The molecule has 0 aliphatic carbocycles. The predicted molar refractivity (Wildman–Crippen MR) is 110 cm³/mol. The molecular weight excluding hydrogens is 408 g/mol. The topological polar surface area (TPSA) is 106 Å². The van der Waals surface area contributed by atoms with Crippen molar-refractivity contribution in [1.29, 1.82) is 0 Å². The minimum Gasteiger partial charge on any atom is -0.375 e. The van der Waals surface area contributed by atoms with Crippen LogP contribution in [0.25, 0.3) is 0 Å². The van der Waals surface area contributed by atoms with E-state index >= 15 is 0 Å². The maximum Gasteiger partial charge on any atom is 0.252 e. The minimum absolute atomic E-state index is 0.0676. The molecule has 0 bridgehead atoms. The Morgan fingerprint density at radius 2 is 2.00 bits per heavy atom. The second-order valence-corrected chi connectivity index (χ2v) is 9.39. The lowest BCUT2D eigenvalue weighted by atomic mass is 10.0. The van der Waals surface area contributed by atoms with Crippen LogP contribution >= 0.6 is 0 Å². The fourth-order valence-corrected chi connectivity index (χ4v) is 4.59. The molecule has 10 heteroatoms. The quantitative estimate of drug-likeness (QED) is 0.522. The molecule has 0 atom stereocenters. The molecule has 2 heterocycles. The molecule has 1 aromatic heterocycles. The van der Waals surface area contributed by atoms with Crippen molar-refractivity contribution in [3.63, 3.8) is 0 Å². The molecule has 0 spiro atoms. The van der Waals surface area contributed by atoms with Crippen molar-refractivity contribution in [2.45, 2.75) is 38.3 Å². The average molecular weight is 437 g/mol. The van der Waals surface area contributed by atoms with Gasteiger partial charge in [0.25, 0.3) is 5.89 Å². The third-order valence-electron chi connectivity index (χ3n) is 5.08. The summed E-state index contributed by atoms with van der Waals surface area (Å²) in [6.45, 7) is 1.29. The summed E-state index contributed by atoms with van der Waals surface area (Å²) in [5.41, 5.74) is 1.21. The zero-order valence-electron chi connectivity index (χ0n) is 17.4. The molecule has 2 aromatic rings. The molecule has 1 saturated heterocycles. The largest absolute Gasteiger partial charge is 0.375 e. The molecule has 0 unspecified atom stereocenters. The van der Waals surface area contributed by atoms with Crippen molar-refractivity contribution in [2.24, 2.45) is 0 Å². The van der Waals surface area contributed by atoms with Gasteiger partial charge in [-0.15, -0.1) is 0 Å². The zero-order chi connectivity index (χ0) is 21.6. The third kappa shape index (κ3) is 6.10. The van der Waals surface area contributed by atoms with Gasteiger partial charge in [0.1, 0.15) is 6.61 Å². The number of aromatic nitrogens is 2. The lowest BCUT2D eigenvalue weighted by Gasteiger charge is -2.44. The summed E-state index contributed by atoms with van der Waals surface area (Å²) in [6, 6.07) is 9.84. The highest BCUT2D eigenvalue weighted by atomic mass is 32.2. The molecule has 1 aliphatic heterocycles. The van der Waals surface area contributed by atoms with Crippen LogP contribution in [0.1, 0.15) is 30.1 Å². The number of hydrogen-bond acceptors (Lipinski definition) is 7. The van der Waals surface area contributed by atoms with Gasteiger partial charge < -0.3 is 14.2 Å². The van der Waals surface area contributed by atoms with E-state index < -0.39 is 10.0 Å². The number of sulfonamides is 1. The highest BCUT2D eigenvalue weighted by Crippen LogP contribution is 2.20. The number of aryl methyl sites for hydroxylation is 1. The Labute approximate surface area is 177 Å². The second kappa shape index (κ2) is 10.1. The number of ether oxygens (including phenoxy) is 1. The van der Waals surface area contributed by atoms with E-state index in [4.69, 9.17) is 9.26 Å². The van der Waals surface area contributed by atoms with Crippen LogP contribution in [0, 0.1) is 0 Å². The van der Waals surface area contributed by atoms with Gasteiger partial charge >= 0.3 is 0 Å². The van der Waals surface area contributed by atoms with Gasteiger partial charge in [-0.25, -0.2) is 8.42 Å². The Hall–Kier alpha value is -2.30. The number of hydrogen-bond donors (Lipinski definition) is 0. The fourth-order valence-electron chi connectivity index (χ4n) is 3.49. The Morgan fingerprint density at radius 1 is 1.27 bits per heavy atom. The zero-order valence-corrected chi connectivity index (χ0v) is 18.2. The highest BCUT2D eigenvalue weighted by molar-refractivity contribution is 7.88. The molecule has 164 valence electrons. The normalized spacial score (nSPS) is 14.8. The molecule has 9 nitrogen and oxygen atoms in total. The number of benzene rings is 1. The molecule has 0 N–H and O–H groups in total. The van der Waals surface area contributed by atoms with Crippen molar-refractivity contribution in [2.75, 3.05) is 33.0 Å². The molecule has 1 fully saturated rings. The van der Waals surface area contributed by atoms with Gasteiger partial charge in [0, 0.05) is 39.6 Å². The number of likely N-dealkylation sites (tertiary alicyclic amines) is 1. The summed E-state index contributed by atoms with van der Waals surface area (Å²) >= 11 is 0. The van der Waals surface area contributed by atoms with Gasteiger partial charge in [0.05, 0.1) is 12.3 Å². The van der Waals surface area contributed by atoms with Gasteiger partial charge in [-0.2, -0.15) is 9.29 Å². The number of carbonyl (C=O) groups is 1. The lowest BCUT2D eigenvalue weighted by Crippen LogP contribution is -2.62. The van der Waals surface area contributed by atoms with Crippen LogP contribution in [0.5, 0.6) is 0 Å². The number of carbonyl (C=O) groups excluding carboxylic acids is 1. The number of nitrogens with zero attached hydrogens (tertiary/aromatic N) is 4. The van der Waals surface area contributed by atoms with Crippen LogP contribution in [0.3, 0.4) is 0 Å². The van der Waals surface area contributed by atoms with E-state index in [0.717, 1.165) is 12.8 Å². The lowest BCUT2D eigenvalue weighted by molar-refractivity contribution is -0.137. The Morgan fingerprint density at radius 3 is 2.67 bits per heavy atom. The monoisotopic (exact) mass is 436 g/mol. The van der Waals surface area contributed by atoms with Gasteiger partial charge in [-0.05, 0) is 18.4 Å². The summed E-state index contributed by atoms with van der Waals surface area (Å²) in [4.78, 5) is 18.3. The first-order valence-corrected chi connectivity index (χ1v) is 11.8. The molecule has 0 saturated carbocycles. The predicted octanol–water partition coefficient (Wildman–Crippen LogP) is 1.25. The van der Waals surface area contributed by atoms with E-state index in [1.165, 1.54) is 23.2 Å². The standard InChI is InChI=1S/C20H28N4O5S/c1-28-15-19-21-18(22-29-19)11-12-24(30(2,26)27)17-13-23(14-17)20(25)10-6-9-16-7-4-3-5-8-16/h3-5,7-8,17H,6,9-15H2,1-2H3. The van der Waals surface area contributed by atoms with Crippen LogP contribution in [-0.2, 0) is 39.0 Å². The number of methoxy groups -OCH3 is 1. The van der Waals surface area contributed by atoms with Gasteiger partial charge in [0.15, 0.2) is 5.82 Å².